The Bertz CT molecular complexity index is 1070. The molecule has 1 atom stereocenters. The van der Waals surface area contributed by atoms with Crippen LogP contribution in [-0.4, -0.2) is 51.5 Å². The molecule has 1 saturated heterocycles. The number of morpholine rings is 1. The third-order valence-electron chi connectivity index (χ3n) is 5.53. The average molecular weight is 459 g/mol. The summed E-state index contributed by atoms with van der Waals surface area (Å²) < 4.78 is 43.3. The van der Waals surface area contributed by atoms with Gasteiger partial charge < -0.3 is 22.9 Å². The molecule has 0 N–H and O–H groups in total. The number of methoxy groups -OCH3 is 1. The summed E-state index contributed by atoms with van der Waals surface area (Å²) in [6.45, 7) is 6.48. The SMILES string of the molecule is CCOP(=O)(OCC)C(c1oc2cc(OC)ccc2c1-c1ccccc1)N1CCOCC1. The van der Waals surface area contributed by atoms with E-state index in [1.54, 1.807) is 7.11 Å². The molecule has 7 nitrogen and oxygen atoms in total. The Morgan fingerprint density at radius 1 is 1.03 bits per heavy atom. The van der Waals surface area contributed by atoms with Gasteiger partial charge in [0.15, 0.2) is 5.78 Å². The Morgan fingerprint density at radius 2 is 1.72 bits per heavy atom. The van der Waals surface area contributed by atoms with Crippen LogP contribution in [-0.2, 0) is 18.3 Å². The van der Waals surface area contributed by atoms with Crippen LogP contribution in [0, 0.1) is 0 Å². The van der Waals surface area contributed by atoms with E-state index < -0.39 is 13.4 Å². The first-order chi connectivity index (χ1) is 15.6. The zero-order valence-electron chi connectivity index (χ0n) is 18.8. The van der Waals surface area contributed by atoms with Gasteiger partial charge in [-0.1, -0.05) is 30.3 Å². The van der Waals surface area contributed by atoms with Crippen LogP contribution in [0.1, 0.15) is 25.4 Å². The number of ether oxygens (including phenoxy) is 2. The largest absolute Gasteiger partial charge is 0.497 e. The molecule has 0 amide bonds. The van der Waals surface area contributed by atoms with Gasteiger partial charge in [0, 0.05) is 30.1 Å². The second-order valence-corrected chi connectivity index (χ2v) is 9.55. The lowest BCUT2D eigenvalue weighted by Crippen LogP contribution is -2.39. The third kappa shape index (κ3) is 4.49. The van der Waals surface area contributed by atoms with E-state index in [0.29, 0.717) is 43.4 Å². The van der Waals surface area contributed by atoms with Crippen molar-refractivity contribution in [3.8, 4) is 16.9 Å². The normalized spacial score (nSPS) is 16.3. The van der Waals surface area contributed by atoms with Gasteiger partial charge >= 0.3 is 7.60 Å². The molecule has 8 heteroatoms. The number of nitrogens with zero attached hydrogens (tertiary/aromatic N) is 1. The minimum Gasteiger partial charge on any atom is -0.497 e. The fraction of sp³-hybridized carbons (Fsp3) is 0.417. The van der Waals surface area contributed by atoms with Gasteiger partial charge in [-0.3, -0.25) is 9.46 Å². The van der Waals surface area contributed by atoms with Crippen LogP contribution < -0.4 is 4.74 Å². The summed E-state index contributed by atoms with van der Waals surface area (Å²) in [5.41, 5.74) is 2.53. The fourth-order valence-corrected chi connectivity index (χ4v) is 6.35. The Hall–Kier alpha value is -2.15. The van der Waals surface area contributed by atoms with Crippen molar-refractivity contribution >= 4 is 18.6 Å². The Morgan fingerprint density at radius 3 is 2.34 bits per heavy atom. The van der Waals surface area contributed by atoms with E-state index in [-0.39, 0.29) is 13.2 Å². The zero-order chi connectivity index (χ0) is 22.6. The zero-order valence-corrected chi connectivity index (χ0v) is 19.7. The summed E-state index contributed by atoms with van der Waals surface area (Å²) in [5.74, 6) is 0.574. The molecule has 1 unspecified atom stereocenters. The smallest absolute Gasteiger partial charge is 0.355 e. The number of benzene rings is 2. The van der Waals surface area contributed by atoms with Crippen molar-refractivity contribution in [3.05, 3.63) is 54.3 Å². The highest BCUT2D eigenvalue weighted by Gasteiger charge is 2.45. The van der Waals surface area contributed by atoms with Gasteiger partial charge in [0.05, 0.1) is 33.5 Å². The van der Waals surface area contributed by atoms with E-state index in [2.05, 4.69) is 4.90 Å². The van der Waals surface area contributed by atoms with Crippen LogP contribution in [0.5, 0.6) is 5.75 Å². The van der Waals surface area contributed by atoms with Crippen LogP contribution in [0.4, 0.5) is 0 Å². The highest BCUT2D eigenvalue weighted by Crippen LogP contribution is 2.64. The molecule has 1 aromatic heterocycles. The second kappa shape index (κ2) is 10.2. The Labute approximate surface area is 188 Å². The lowest BCUT2D eigenvalue weighted by molar-refractivity contribution is 0.0204. The molecular formula is C24H30NO6P. The number of hydrogen-bond acceptors (Lipinski definition) is 7. The van der Waals surface area contributed by atoms with E-state index in [1.807, 2.05) is 62.4 Å². The molecule has 2 aromatic carbocycles. The van der Waals surface area contributed by atoms with Crippen molar-refractivity contribution in [1.82, 2.24) is 4.90 Å². The summed E-state index contributed by atoms with van der Waals surface area (Å²) in [7, 11) is -1.97. The maximum absolute atomic E-state index is 14.2. The predicted octanol–water partition coefficient (Wildman–Crippen LogP) is 5.71. The molecule has 3 aromatic rings. The van der Waals surface area contributed by atoms with Crippen LogP contribution in [0.3, 0.4) is 0 Å². The van der Waals surface area contributed by atoms with Crippen LogP contribution in [0.2, 0.25) is 0 Å². The molecule has 1 aliphatic rings. The topological polar surface area (TPSA) is 70.4 Å². The Kier molecular flexibility index (Phi) is 7.33. The Balaban J connectivity index is 1.98. The van der Waals surface area contributed by atoms with Gasteiger partial charge in [-0.25, -0.2) is 0 Å². The molecule has 2 heterocycles. The van der Waals surface area contributed by atoms with Gasteiger partial charge in [0.1, 0.15) is 17.1 Å². The van der Waals surface area contributed by atoms with Gasteiger partial charge in [0.2, 0.25) is 0 Å². The van der Waals surface area contributed by atoms with Crippen molar-refractivity contribution in [1.29, 1.82) is 0 Å². The number of fused-ring (bicyclic) bond motifs is 1. The molecule has 32 heavy (non-hydrogen) atoms. The van der Waals surface area contributed by atoms with E-state index in [9.17, 15) is 4.57 Å². The van der Waals surface area contributed by atoms with E-state index in [4.69, 9.17) is 22.9 Å². The van der Waals surface area contributed by atoms with Crippen molar-refractivity contribution in [3.63, 3.8) is 0 Å². The van der Waals surface area contributed by atoms with Gasteiger partial charge in [-0.15, -0.1) is 0 Å². The van der Waals surface area contributed by atoms with E-state index in [1.165, 1.54) is 0 Å². The van der Waals surface area contributed by atoms with Gasteiger partial charge in [0.25, 0.3) is 0 Å². The first-order valence-corrected chi connectivity index (χ1v) is 12.6. The predicted molar refractivity (Wildman–Crippen MR) is 124 cm³/mol. The lowest BCUT2D eigenvalue weighted by Gasteiger charge is -2.36. The highest BCUT2D eigenvalue weighted by molar-refractivity contribution is 7.54. The maximum atomic E-state index is 14.2. The molecule has 0 spiro atoms. The number of rotatable bonds is 9. The maximum Gasteiger partial charge on any atom is 0.355 e. The molecule has 0 radical (unpaired) electrons. The highest BCUT2D eigenvalue weighted by atomic mass is 31.2. The quantitative estimate of drug-likeness (QED) is 0.380. The number of hydrogen-bond donors (Lipinski definition) is 0. The third-order valence-corrected chi connectivity index (χ3v) is 7.93. The monoisotopic (exact) mass is 459 g/mol. The van der Waals surface area contributed by atoms with Crippen LogP contribution in [0.25, 0.3) is 22.1 Å². The summed E-state index contributed by atoms with van der Waals surface area (Å²) in [5, 5.41) is 0.921. The average Bonchev–Trinajstić information content (AvgIpc) is 3.18. The summed E-state index contributed by atoms with van der Waals surface area (Å²) >= 11 is 0. The minimum atomic E-state index is -3.60. The summed E-state index contributed by atoms with van der Waals surface area (Å²) in [4.78, 5) is 2.09. The van der Waals surface area contributed by atoms with Crippen molar-refractivity contribution < 1.29 is 27.5 Å². The lowest BCUT2D eigenvalue weighted by atomic mass is 10.0. The summed E-state index contributed by atoms with van der Waals surface area (Å²) in [6, 6.07) is 15.7. The molecule has 0 aliphatic carbocycles. The fourth-order valence-electron chi connectivity index (χ4n) is 4.18. The van der Waals surface area contributed by atoms with Gasteiger partial charge in [-0.05, 0) is 31.5 Å². The molecule has 4 rings (SSSR count). The summed E-state index contributed by atoms with van der Waals surface area (Å²) in [6.07, 6.45) is 0. The molecule has 1 fully saturated rings. The van der Waals surface area contributed by atoms with Crippen LogP contribution >= 0.6 is 7.60 Å². The number of furan rings is 1. The van der Waals surface area contributed by atoms with Crippen LogP contribution in [0.15, 0.2) is 52.9 Å². The first kappa shape index (κ1) is 23.0. The molecule has 0 bridgehead atoms. The molecular weight excluding hydrogens is 429 g/mol. The first-order valence-electron chi connectivity index (χ1n) is 11.0. The minimum absolute atomic E-state index is 0.271. The molecule has 172 valence electrons. The van der Waals surface area contributed by atoms with E-state index >= 15 is 0 Å². The van der Waals surface area contributed by atoms with Gasteiger partial charge in [-0.2, -0.15) is 0 Å². The molecule has 1 aliphatic heterocycles. The van der Waals surface area contributed by atoms with Crippen molar-refractivity contribution in [2.75, 3.05) is 46.6 Å². The standard InChI is InChI=1S/C24H30NO6P/c1-4-29-32(26,30-5-2)24(25-13-15-28-16-14-25)23-22(18-9-7-6-8-10-18)20-12-11-19(27-3)17-21(20)31-23/h6-12,17,24H,4-5,13-16H2,1-3H3. The van der Waals surface area contributed by atoms with Crippen molar-refractivity contribution in [2.45, 2.75) is 19.6 Å². The molecule has 0 saturated carbocycles. The second-order valence-electron chi connectivity index (χ2n) is 7.47. The van der Waals surface area contributed by atoms with Crippen molar-refractivity contribution in [2.24, 2.45) is 0 Å². The van der Waals surface area contributed by atoms with E-state index in [0.717, 1.165) is 16.5 Å².